The van der Waals surface area contributed by atoms with Gasteiger partial charge in [0.15, 0.2) is 11.5 Å². The molecule has 0 aliphatic rings. The predicted molar refractivity (Wildman–Crippen MR) is 78.3 cm³/mol. The van der Waals surface area contributed by atoms with Gasteiger partial charge in [-0.3, -0.25) is 0 Å². The number of nitrogens with two attached hydrogens (primary N) is 1. The molecule has 21 heavy (non-hydrogen) atoms. The first kappa shape index (κ1) is 13.3. The van der Waals surface area contributed by atoms with E-state index in [1.807, 2.05) is 45.0 Å². The fourth-order valence-corrected chi connectivity index (χ4v) is 1.97. The van der Waals surface area contributed by atoms with Crippen molar-refractivity contribution in [2.75, 3.05) is 5.73 Å². The maximum Gasteiger partial charge on any atom is 0.282 e. The first-order valence-corrected chi connectivity index (χ1v) is 6.68. The summed E-state index contributed by atoms with van der Waals surface area (Å²) in [5.41, 5.74) is 8.48. The molecule has 0 spiro atoms. The zero-order chi connectivity index (χ0) is 15.0. The topological polar surface area (TPSA) is 95.7 Å². The van der Waals surface area contributed by atoms with E-state index in [0.29, 0.717) is 17.3 Å². The van der Waals surface area contributed by atoms with Crippen LogP contribution in [0.15, 0.2) is 28.8 Å². The van der Waals surface area contributed by atoms with Gasteiger partial charge in [-0.1, -0.05) is 40.2 Å². The van der Waals surface area contributed by atoms with Gasteiger partial charge in [0, 0.05) is 5.56 Å². The lowest BCUT2D eigenvalue weighted by Gasteiger charge is -2.04. The molecule has 0 saturated heterocycles. The number of hydrogen-bond donors (Lipinski definition) is 1. The summed E-state index contributed by atoms with van der Waals surface area (Å²) in [6.07, 6.45) is 0. The van der Waals surface area contributed by atoms with E-state index in [0.717, 1.165) is 5.56 Å². The maximum atomic E-state index is 6.01. The van der Waals surface area contributed by atoms with E-state index in [1.54, 1.807) is 4.68 Å². The highest BCUT2D eigenvalue weighted by atomic mass is 16.5. The third kappa shape index (κ3) is 2.37. The van der Waals surface area contributed by atoms with Crippen LogP contribution in [0.5, 0.6) is 0 Å². The predicted octanol–water partition coefficient (Wildman–Crippen LogP) is 2.47. The summed E-state index contributed by atoms with van der Waals surface area (Å²) in [4.78, 5) is 4.34. The van der Waals surface area contributed by atoms with Crippen molar-refractivity contribution in [1.29, 1.82) is 0 Å². The van der Waals surface area contributed by atoms with Crippen molar-refractivity contribution in [3.63, 3.8) is 0 Å². The van der Waals surface area contributed by atoms with E-state index in [1.165, 1.54) is 5.56 Å². The zero-order valence-corrected chi connectivity index (χ0v) is 12.1. The van der Waals surface area contributed by atoms with Gasteiger partial charge in [0.05, 0.1) is 6.04 Å². The highest BCUT2D eigenvalue weighted by molar-refractivity contribution is 5.64. The Labute approximate surface area is 121 Å². The molecule has 0 radical (unpaired) electrons. The molecular weight excluding hydrogens is 268 g/mol. The number of nitrogens with zero attached hydrogens (tertiary/aromatic N) is 5. The van der Waals surface area contributed by atoms with Crippen molar-refractivity contribution >= 4 is 5.82 Å². The van der Waals surface area contributed by atoms with Crippen molar-refractivity contribution in [2.45, 2.75) is 26.8 Å². The largest absolute Gasteiger partial charge is 0.382 e. The maximum absolute atomic E-state index is 6.01. The Balaban J connectivity index is 1.97. The fourth-order valence-electron chi connectivity index (χ4n) is 1.97. The molecule has 2 aromatic heterocycles. The van der Waals surface area contributed by atoms with Gasteiger partial charge in [0.1, 0.15) is 0 Å². The van der Waals surface area contributed by atoms with Crippen LogP contribution in [-0.4, -0.2) is 25.1 Å². The number of nitrogen functional groups attached to an aromatic ring is 1. The van der Waals surface area contributed by atoms with Crippen molar-refractivity contribution in [3.05, 3.63) is 29.8 Å². The van der Waals surface area contributed by atoms with Crippen LogP contribution in [0.25, 0.3) is 23.0 Å². The van der Waals surface area contributed by atoms with Crippen LogP contribution in [0.3, 0.4) is 0 Å². The average molecular weight is 284 g/mol. The van der Waals surface area contributed by atoms with Crippen molar-refractivity contribution < 1.29 is 4.52 Å². The number of benzene rings is 1. The Morgan fingerprint density at radius 1 is 1.19 bits per heavy atom. The first-order chi connectivity index (χ1) is 10.1. The van der Waals surface area contributed by atoms with Gasteiger partial charge in [0.25, 0.3) is 5.89 Å². The van der Waals surface area contributed by atoms with Crippen LogP contribution in [0, 0.1) is 6.92 Å². The van der Waals surface area contributed by atoms with Gasteiger partial charge in [-0.2, -0.15) is 4.98 Å². The fraction of sp³-hybridized carbons (Fsp3) is 0.286. The van der Waals surface area contributed by atoms with Crippen LogP contribution < -0.4 is 5.73 Å². The Bertz CT molecular complexity index is 756. The lowest BCUT2D eigenvalue weighted by Crippen LogP contribution is -2.07. The van der Waals surface area contributed by atoms with Crippen molar-refractivity contribution in [1.82, 2.24) is 25.1 Å². The first-order valence-electron chi connectivity index (χ1n) is 6.68. The van der Waals surface area contributed by atoms with Gasteiger partial charge in [-0.05, 0) is 20.8 Å². The Morgan fingerprint density at radius 3 is 2.52 bits per heavy atom. The summed E-state index contributed by atoms with van der Waals surface area (Å²) in [6.45, 7) is 5.97. The molecule has 2 N–H and O–H groups in total. The molecular formula is C14H16N6O. The molecule has 7 heteroatoms. The summed E-state index contributed by atoms with van der Waals surface area (Å²) in [6, 6.07) is 7.99. The number of aryl methyl sites for hydroxylation is 1. The van der Waals surface area contributed by atoms with Crippen LogP contribution in [0.1, 0.15) is 25.5 Å². The second kappa shape index (κ2) is 5.01. The Hall–Kier alpha value is -2.70. The van der Waals surface area contributed by atoms with Crippen LogP contribution in [0.2, 0.25) is 0 Å². The summed E-state index contributed by atoms with van der Waals surface area (Å²) in [5, 5.41) is 12.0. The molecule has 0 saturated carbocycles. The molecule has 3 rings (SSSR count). The number of rotatable bonds is 3. The number of anilines is 1. The Kier molecular flexibility index (Phi) is 3.17. The molecule has 0 amide bonds. The lowest BCUT2D eigenvalue weighted by atomic mass is 10.1. The summed E-state index contributed by atoms with van der Waals surface area (Å²) >= 11 is 0. The molecule has 3 aromatic rings. The average Bonchev–Trinajstić information content (AvgIpc) is 3.06. The smallest absolute Gasteiger partial charge is 0.282 e. The van der Waals surface area contributed by atoms with Gasteiger partial charge >= 0.3 is 0 Å². The quantitative estimate of drug-likeness (QED) is 0.793. The van der Waals surface area contributed by atoms with E-state index in [9.17, 15) is 0 Å². The SMILES string of the molecule is Cc1ccc(-c2noc(-c3nnn(C(C)C)c3N)n2)cc1. The van der Waals surface area contributed by atoms with Crippen molar-refractivity contribution in [2.24, 2.45) is 0 Å². The molecule has 0 aliphatic carbocycles. The van der Waals surface area contributed by atoms with Crippen LogP contribution in [-0.2, 0) is 0 Å². The monoisotopic (exact) mass is 284 g/mol. The second-order valence-corrected chi connectivity index (χ2v) is 5.15. The number of aromatic nitrogens is 5. The summed E-state index contributed by atoms with van der Waals surface area (Å²) in [5.74, 6) is 1.20. The lowest BCUT2D eigenvalue weighted by molar-refractivity contribution is 0.431. The summed E-state index contributed by atoms with van der Waals surface area (Å²) in [7, 11) is 0. The molecule has 2 heterocycles. The molecule has 0 unspecified atom stereocenters. The minimum absolute atomic E-state index is 0.116. The normalized spacial score (nSPS) is 11.2. The molecule has 1 aromatic carbocycles. The molecule has 0 aliphatic heterocycles. The Morgan fingerprint density at radius 2 is 1.90 bits per heavy atom. The van der Waals surface area contributed by atoms with E-state index in [-0.39, 0.29) is 11.9 Å². The van der Waals surface area contributed by atoms with E-state index < -0.39 is 0 Å². The van der Waals surface area contributed by atoms with Gasteiger partial charge in [-0.25, -0.2) is 4.68 Å². The molecule has 108 valence electrons. The van der Waals surface area contributed by atoms with E-state index >= 15 is 0 Å². The highest BCUT2D eigenvalue weighted by Gasteiger charge is 2.19. The van der Waals surface area contributed by atoms with Gasteiger partial charge < -0.3 is 10.3 Å². The van der Waals surface area contributed by atoms with Gasteiger partial charge in [0.2, 0.25) is 5.82 Å². The zero-order valence-electron chi connectivity index (χ0n) is 12.1. The van der Waals surface area contributed by atoms with Gasteiger partial charge in [-0.15, -0.1) is 5.10 Å². The second-order valence-electron chi connectivity index (χ2n) is 5.15. The minimum atomic E-state index is 0.116. The van der Waals surface area contributed by atoms with Crippen LogP contribution >= 0.6 is 0 Å². The third-order valence-corrected chi connectivity index (χ3v) is 3.16. The molecule has 0 atom stereocenters. The minimum Gasteiger partial charge on any atom is -0.382 e. The molecule has 7 nitrogen and oxygen atoms in total. The van der Waals surface area contributed by atoms with E-state index in [4.69, 9.17) is 10.3 Å². The molecule has 0 fully saturated rings. The number of hydrogen-bond acceptors (Lipinski definition) is 6. The molecule has 0 bridgehead atoms. The summed E-state index contributed by atoms with van der Waals surface area (Å²) < 4.78 is 6.87. The third-order valence-electron chi connectivity index (χ3n) is 3.16. The highest BCUT2D eigenvalue weighted by Crippen LogP contribution is 2.26. The van der Waals surface area contributed by atoms with E-state index in [2.05, 4.69) is 20.5 Å². The van der Waals surface area contributed by atoms with Crippen molar-refractivity contribution in [3.8, 4) is 23.0 Å². The standard InChI is InChI=1S/C14H16N6O/c1-8(2)20-12(15)11(17-19-20)14-16-13(18-21-14)10-6-4-9(3)5-7-10/h4-8H,15H2,1-3H3. The van der Waals surface area contributed by atoms with Crippen LogP contribution in [0.4, 0.5) is 5.82 Å².